The molecule has 0 atom stereocenters. The number of ether oxygens (including phenoxy) is 1. The van der Waals surface area contributed by atoms with Gasteiger partial charge in [-0.25, -0.2) is 9.31 Å². The number of nitrogens with zero attached hydrogens (tertiary/aromatic N) is 2. The summed E-state index contributed by atoms with van der Waals surface area (Å²) in [5, 5.41) is 4.10. The summed E-state index contributed by atoms with van der Waals surface area (Å²) in [7, 11) is 1.37. The Balaban J connectivity index is 2.67. The normalized spacial score (nSPS) is 10.4. The smallest absolute Gasteiger partial charge is 0.339 e. The maximum absolute atomic E-state index is 11.3. The van der Waals surface area contributed by atoms with Gasteiger partial charge < -0.3 is 4.74 Å². The molecule has 2 aromatic rings. The van der Waals surface area contributed by atoms with Crippen LogP contribution in [0, 0.1) is 6.92 Å². The van der Waals surface area contributed by atoms with Gasteiger partial charge in [0.15, 0.2) is 0 Å². The van der Waals surface area contributed by atoms with Crippen LogP contribution in [-0.2, 0) is 4.74 Å². The summed E-state index contributed by atoms with van der Waals surface area (Å²) in [6.07, 6.45) is 1.70. The quantitative estimate of drug-likeness (QED) is 0.639. The van der Waals surface area contributed by atoms with E-state index in [2.05, 4.69) is 9.84 Å². The third-order valence-corrected chi connectivity index (χ3v) is 2.21. The Hall–Kier alpha value is -1.84. The first-order valence-corrected chi connectivity index (χ1v) is 4.25. The fourth-order valence-electron chi connectivity index (χ4n) is 1.45. The minimum atomic E-state index is -0.333. The second kappa shape index (κ2) is 3.14. The summed E-state index contributed by atoms with van der Waals surface area (Å²) < 4.78 is 6.38. The van der Waals surface area contributed by atoms with Gasteiger partial charge in [0.05, 0.1) is 23.9 Å². The summed E-state index contributed by atoms with van der Waals surface area (Å²) in [5.41, 5.74) is 2.30. The molecule has 0 amide bonds. The molecule has 0 aliphatic rings. The summed E-state index contributed by atoms with van der Waals surface area (Å²) in [4.78, 5) is 11.3. The molecule has 0 aliphatic heterocycles. The van der Waals surface area contributed by atoms with Crippen molar-refractivity contribution < 1.29 is 9.53 Å². The van der Waals surface area contributed by atoms with Gasteiger partial charge in [-0.1, -0.05) is 0 Å². The zero-order valence-electron chi connectivity index (χ0n) is 8.02. The third kappa shape index (κ3) is 1.16. The summed E-state index contributed by atoms with van der Waals surface area (Å²) >= 11 is 0. The number of hydrogen-bond donors (Lipinski definition) is 0. The average Bonchev–Trinajstić information content (AvgIpc) is 2.66. The molecule has 0 unspecified atom stereocenters. The van der Waals surface area contributed by atoms with Crippen LogP contribution < -0.4 is 0 Å². The Morgan fingerprint density at radius 3 is 2.93 bits per heavy atom. The fraction of sp³-hybridized carbons (Fsp3) is 0.200. The van der Waals surface area contributed by atoms with Crippen molar-refractivity contribution in [3.05, 3.63) is 35.7 Å². The van der Waals surface area contributed by atoms with Crippen LogP contribution in [0.3, 0.4) is 0 Å². The van der Waals surface area contributed by atoms with E-state index >= 15 is 0 Å². The first-order valence-electron chi connectivity index (χ1n) is 4.25. The van der Waals surface area contributed by atoms with Crippen LogP contribution in [0.15, 0.2) is 24.4 Å². The zero-order chi connectivity index (χ0) is 10.1. The van der Waals surface area contributed by atoms with Gasteiger partial charge in [0.1, 0.15) is 0 Å². The summed E-state index contributed by atoms with van der Waals surface area (Å²) in [6.45, 7) is 1.84. The van der Waals surface area contributed by atoms with E-state index in [-0.39, 0.29) is 5.97 Å². The molecule has 0 saturated carbocycles. The van der Waals surface area contributed by atoms with Gasteiger partial charge in [-0.15, -0.1) is 0 Å². The fourth-order valence-corrected chi connectivity index (χ4v) is 1.45. The molecule has 2 rings (SSSR count). The number of methoxy groups -OCH3 is 1. The second-order valence-electron chi connectivity index (χ2n) is 2.99. The van der Waals surface area contributed by atoms with Crippen molar-refractivity contribution in [2.45, 2.75) is 6.92 Å². The van der Waals surface area contributed by atoms with Crippen molar-refractivity contribution >= 4 is 11.5 Å². The lowest BCUT2D eigenvalue weighted by molar-refractivity contribution is 0.0599. The van der Waals surface area contributed by atoms with E-state index in [4.69, 9.17) is 0 Å². The van der Waals surface area contributed by atoms with Crippen molar-refractivity contribution in [1.82, 2.24) is 9.61 Å². The number of fused-ring (bicyclic) bond motifs is 1. The highest BCUT2D eigenvalue weighted by Crippen LogP contribution is 2.12. The Morgan fingerprint density at radius 1 is 1.43 bits per heavy atom. The van der Waals surface area contributed by atoms with E-state index < -0.39 is 0 Å². The molecule has 72 valence electrons. The van der Waals surface area contributed by atoms with Crippen LogP contribution in [-0.4, -0.2) is 22.7 Å². The lowest BCUT2D eigenvalue weighted by atomic mass is 10.2. The molecule has 0 saturated heterocycles. The Labute approximate surface area is 81.1 Å². The van der Waals surface area contributed by atoms with Gasteiger partial charge >= 0.3 is 5.97 Å². The van der Waals surface area contributed by atoms with Crippen molar-refractivity contribution in [2.24, 2.45) is 0 Å². The minimum absolute atomic E-state index is 0.333. The summed E-state index contributed by atoms with van der Waals surface area (Å²) in [6, 6.07) is 5.47. The molecule has 14 heavy (non-hydrogen) atoms. The number of rotatable bonds is 1. The topological polar surface area (TPSA) is 43.6 Å². The predicted octanol–water partition coefficient (Wildman–Crippen LogP) is 1.43. The van der Waals surface area contributed by atoms with Crippen molar-refractivity contribution in [1.29, 1.82) is 0 Å². The molecule has 0 spiro atoms. The molecule has 4 nitrogen and oxygen atoms in total. The predicted molar refractivity (Wildman–Crippen MR) is 51.3 cm³/mol. The Bertz CT molecular complexity index is 488. The molecule has 2 aromatic heterocycles. The molecule has 0 radical (unpaired) electrons. The number of hydrogen-bond acceptors (Lipinski definition) is 3. The van der Waals surface area contributed by atoms with Gasteiger partial charge in [0.2, 0.25) is 0 Å². The molecular weight excluding hydrogens is 180 g/mol. The lowest BCUT2D eigenvalue weighted by Crippen LogP contribution is -2.07. The SMILES string of the molecule is COC(=O)c1ccc2ccnn2c1C. The number of carbonyl (C=O) groups excluding carboxylic acids is 1. The third-order valence-electron chi connectivity index (χ3n) is 2.21. The molecular formula is C10H10N2O2. The molecule has 0 bridgehead atoms. The van der Waals surface area contributed by atoms with Crippen LogP contribution in [0.5, 0.6) is 0 Å². The molecule has 0 aliphatic carbocycles. The highest BCUT2D eigenvalue weighted by molar-refractivity contribution is 5.90. The van der Waals surface area contributed by atoms with Gasteiger partial charge in [0, 0.05) is 6.20 Å². The first kappa shape index (κ1) is 8.74. The highest BCUT2D eigenvalue weighted by atomic mass is 16.5. The molecule has 0 fully saturated rings. The van der Waals surface area contributed by atoms with Gasteiger partial charge in [-0.3, -0.25) is 0 Å². The lowest BCUT2D eigenvalue weighted by Gasteiger charge is -2.05. The number of pyridine rings is 1. The monoisotopic (exact) mass is 190 g/mol. The van der Waals surface area contributed by atoms with Gasteiger partial charge in [-0.05, 0) is 25.1 Å². The van der Waals surface area contributed by atoms with E-state index in [9.17, 15) is 4.79 Å². The summed E-state index contributed by atoms with van der Waals surface area (Å²) in [5.74, 6) is -0.333. The Morgan fingerprint density at radius 2 is 2.21 bits per heavy atom. The van der Waals surface area contributed by atoms with Crippen molar-refractivity contribution in [3.8, 4) is 0 Å². The molecule has 4 heteroatoms. The zero-order valence-corrected chi connectivity index (χ0v) is 8.02. The average molecular weight is 190 g/mol. The van der Waals surface area contributed by atoms with E-state index in [1.807, 2.05) is 19.1 Å². The van der Waals surface area contributed by atoms with Crippen molar-refractivity contribution in [2.75, 3.05) is 7.11 Å². The van der Waals surface area contributed by atoms with Gasteiger partial charge in [-0.2, -0.15) is 5.10 Å². The van der Waals surface area contributed by atoms with E-state index in [1.54, 1.807) is 16.8 Å². The number of carbonyl (C=O) groups is 1. The van der Waals surface area contributed by atoms with Crippen LogP contribution in [0.1, 0.15) is 16.1 Å². The number of esters is 1. The standard InChI is InChI=1S/C10H10N2O2/c1-7-9(10(13)14-2)4-3-8-5-6-11-12(7)8/h3-6H,1-2H3. The maximum atomic E-state index is 11.3. The minimum Gasteiger partial charge on any atom is -0.465 e. The largest absolute Gasteiger partial charge is 0.465 e. The van der Waals surface area contributed by atoms with E-state index in [1.165, 1.54) is 7.11 Å². The maximum Gasteiger partial charge on any atom is 0.339 e. The van der Waals surface area contributed by atoms with Crippen LogP contribution >= 0.6 is 0 Å². The number of aryl methyl sites for hydroxylation is 1. The van der Waals surface area contributed by atoms with E-state index in [0.29, 0.717) is 5.56 Å². The molecule has 0 N–H and O–H groups in total. The van der Waals surface area contributed by atoms with Crippen LogP contribution in [0.25, 0.3) is 5.52 Å². The number of aromatic nitrogens is 2. The van der Waals surface area contributed by atoms with Gasteiger partial charge in [0.25, 0.3) is 0 Å². The Kier molecular flexibility index (Phi) is 1.96. The highest BCUT2D eigenvalue weighted by Gasteiger charge is 2.11. The second-order valence-corrected chi connectivity index (χ2v) is 2.99. The van der Waals surface area contributed by atoms with Crippen molar-refractivity contribution in [3.63, 3.8) is 0 Å². The van der Waals surface area contributed by atoms with Crippen LogP contribution in [0.2, 0.25) is 0 Å². The van der Waals surface area contributed by atoms with E-state index in [0.717, 1.165) is 11.2 Å². The molecule has 2 heterocycles. The first-order chi connectivity index (χ1) is 6.74. The molecule has 0 aromatic carbocycles. The van der Waals surface area contributed by atoms with Crippen LogP contribution in [0.4, 0.5) is 0 Å².